The van der Waals surface area contributed by atoms with Crippen molar-refractivity contribution in [1.29, 1.82) is 0 Å². The number of aryl methyl sites for hydroxylation is 2. The molecule has 0 bridgehead atoms. The molecule has 3 aromatic rings. The van der Waals surface area contributed by atoms with Crippen molar-refractivity contribution < 1.29 is 19.1 Å². The number of rotatable bonds is 11. The van der Waals surface area contributed by atoms with E-state index in [1.165, 1.54) is 0 Å². The Bertz CT molecular complexity index is 1450. The Morgan fingerprint density at radius 2 is 1.60 bits per heavy atom. The third-order valence-corrected chi connectivity index (χ3v) is 8.24. The summed E-state index contributed by atoms with van der Waals surface area (Å²) in [5.74, 6) is -0.00667. The van der Waals surface area contributed by atoms with Crippen molar-refractivity contribution in [1.82, 2.24) is 10.2 Å². The van der Waals surface area contributed by atoms with Crippen molar-refractivity contribution in [3.8, 4) is 0 Å². The summed E-state index contributed by atoms with van der Waals surface area (Å²) in [5, 5.41) is 8.01. The Morgan fingerprint density at radius 3 is 2.21 bits per heavy atom. The molecule has 43 heavy (non-hydrogen) atoms. The highest BCUT2D eigenvalue weighted by molar-refractivity contribution is 7.98. The Labute approximate surface area is 261 Å². The van der Waals surface area contributed by atoms with Crippen molar-refractivity contribution >= 4 is 46.1 Å². The molecule has 0 fully saturated rings. The van der Waals surface area contributed by atoms with Gasteiger partial charge < -0.3 is 20.3 Å². The van der Waals surface area contributed by atoms with Gasteiger partial charge in [0, 0.05) is 11.2 Å². The molecule has 232 valence electrons. The number of anilines is 1. The zero-order chi connectivity index (χ0) is 31.9. The summed E-state index contributed by atoms with van der Waals surface area (Å²) < 4.78 is 5.52. The van der Waals surface area contributed by atoms with E-state index in [1.807, 2.05) is 102 Å². The maximum Gasteiger partial charge on any atom is 0.408 e. The molecule has 7 nitrogen and oxygen atoms in total. The Balaban J connectivity index is 2.13. The van der Waals surface area contributed by atoms with E-state index in [2.05, 4.69) is 10.6 Å². The van der Waals surface area contributed by atoms with Crippen LogP contribution in [-0.2, 0) is 14.3 Å². The van der Waals surface area contributed by atoms with E-state index in [4.69, 9.17) is 4.74 Å². The lowest BCUT2D eigenvalue weighted by Gasteiger charge is -2.45. The van der Waals surface area contributed by atoms with Crippen LogP contribution in [0.25, 0.3) is 10.8 Å². The van der Waals surface area contributed by atoms with Gasteiger partial charge in [-0.3, -0.25) is 9.59 Å². The highest BCUT2D eigenvalue weighted by Crippen LogP contribution is 2.35. The fraction of sp³-hybridized carbons (Fsp3) is 0.457. The largest absolute Gasteiger partial charge is 0.444 e. The number of nitrogens with zero attached hydrogens (tertiary/aromatic N) is 1. The predicted octanol–water partition coefficient (Wildman–Crippen LogP) is 7.80. The Hall–Kier alpha value is -3.52. The molecule has 8 heteroatoms. The Morgan fingerprint density at radius 1 is 0.930 bits per heavy atom. The van der Waals surface area contributed by atoms with Crippen LogP contribution in [0, 0.1) is 13.8 Å². The number of carbonyl (C=O) groups excluding carboxylic acids is 3. The van der Waals surface area contributed by atoms with Crippen LogP contribution in [0.4, 0.5) is 10.5 Å². The number of hydrogen-bond acceptors (Lipinski definition) is 5. The molecule has 0 saturated heterocycles. The third kappa shape index (κ3) is 8.99. The van der Waals surface area contributed by atoms with Gasteiger partial charge >= 0.3 is 6.09 Å². The van der Waals surface area contributed by atoms with Gasteiger partial charge in [-0.2, -0.15) is 11.8 Å². The van der Waals surface area contributed by atoms with Crippen LogP contribution in [0.15, 0.2) is 60.7 Å². The standard InChI is InChI=1S/C35H47N3O4S/c1-10-35(7,8)38(32(40)29(19-20-43-9)37-33(41)42-34(4,5)6)30(28-18-15-23(2)21-24(28)3)31(39)36-27-17-16-25-13-11-12-14-26(25)22-27/h11-18,21-22,29-30H,10,19-20H2,1-9H3,(H,36,39)(H,37,41). The van der Waals surface area contributed by atoms with E-state index in [0.29, 0.717) is 24.3 Å². The molecule has 0 heterocycles. The van der Waals surface area contributed by atoms with Crippen molar-refractivity contribution in [2.75, 3.05) is 17.3 Å². The third-order valence-electron chi connectivity index (χ3n) is 7.60. The van der Waals surface area contributed by atoms with E-state index < -0.39 is 29.3 Å². The fourth-order valence-corrected chi connectivity index (χ4v) is 5.54. The molecule has 0 aliphatic rings. The van der Waals surface area contributed by atoms with Crippen LogP contribution in [-0.4, -0.2) is 52.0 Å². The summed E-state index contributed by atoms with van der Waals surface area (Å²) in [4.78, 5) is 43.6. The molecule has 3 rings (SSSR count). The van der Waals surface area contributed by atoms with E-state index in [9.17, 15) is 14.4 Å². The maximum absolute atomic E-state index is 14.6. The van der Waals surface area contributed by atoms with Gasteiger partial charge in [0.05, 0.1) is 0 Å². The number of ether oxygens (including phenoxy) is 1. The number of benzene rings is 3. The average Bonchev–Trinajstić information content (AvgIpc) is 2.92. The second-order valence-electron chi connectivity index (χ2n) is 12.7. The molecule has 0 aliphatic heterocycles. The monoisotopic (exact) mass is 605 g/mol. The van der Waals surface area contributed by atoms with E-state index in [1.54, 1.807) is 37.4 Å². The SMILES string of the molecule is CCC(C)(C)N(C(=O)C(CCSC)NC(=O)OC(C)(C)C)C(C(=O)Nc1ccc2ccccc2c1)c1ccc(C)cc1C. The average molecular weight is 606 g/mol. The molecule has 0 spiro atoms. The minimum absolute atomic E-state index is 0.321. The number of fused-ring (bicyclic) bond motifs is 1. The molecule has 0 aromatic heterocycles. The zero-order valence-corrected chi connectivity index (χ0v) is 27.9. The maximum atomic E-state index is 14.6. The fourth-order valence-electron chi connectivity index (χ4n) is 5.06. The zero-order valence-electron chi connectivity index (χ0n) is 27.0. The first-order valence-electron chi connectivity index (χ1n) is 14.8. The quantitative estimate of drug-likeness (QED) is 0.233. The summed E-state index contributed by atoms with van der Waals surface area (Å²) >= 11 is 1.59. The van der Waals surface area contributed by atoms with Crippen LogP contribution < -0.4 is 10.6 Å². The van der Waals surface area contributed by atoms with Gasteiger partial charge in [-0.05, 0) is 107 Å². The van der Waals surface area contributed by atoms with Crippen molar-refractivity contribution in [3.05, 3.63) is 77.4 Å². The molecular formula is C35H47N3O4S. The lowest BCUT2D eigenvalue weighted by molar-refractivity contribution is -0.147. The van der Waals surface area contributed by atoms with Gasteiger partial charge in [0.1, 0.15) is 17.7 Å². The normalized spacial score (nSPS) is 13.2. The summed E-state index contributed by atoms with van der Waals surface area (Å²) in [6, 6.07) is 17.8. The minimum Gasteiger partial charge on any atom is -0.444 e. The molecule has 2 atom stereocenters. The molecule has 2 N–H and O–H groups in total. The highest BCUT2D eigenvalue weighted by Gasteiger charge is 2.43. The smallest absolute Gasteiger partial charge is 0.408 e. The Kier molecular flexibility index (Phi) is 11.3. The number of nitrogens with one attached hydrogen (secondary N) is 2. The first-order chi connectivity index (χ1) is 20.2. The summed E-state index contributed by atoms with van der Waals surface area (Å²) in [6.45, 7) is 15.2. The number of alkyl carbamates (subject to hydrolysis) is 1. The molecule has 3 aromatic carbocycles. The molecule has 0 saturated carbocycles. The second-order valence-corrected chi connectivity index (χ2v) is 13.7. The lowest BCUT2D eigenvalue weighted by Crippen LogP contribution is -2.59. The first-order valence-corrected chi connectivity index (χ1v) is 16.2. The van der Waals surface area contributed by atoms with Crippen molar-refractivity contribution in [3.63, 3.8) is 0 Å². The molecule has 2 unspecified atom stereocenters. The van der Waals surface area contributed by atoms with Gasteiger partial charge in [0.15, 0.2) is 0 Å². The van der Waals surface area contributed by atoms with E-state index in [-0.39, 0.29) is 11.8 Å². The predicted molar refractivity (Wildman–Crippen MR) is 179 cm³/mol. The van der Waals surface area contributed by atoms with Crippen LogP contribution >= 0.6 is 11.8 Å². The molecular weight excluding hydrogens is 558 g/mol. The van der Waals surface area contributed by atoms with E-state index >= 15 is 0 Å². The number of amides is 3. The molecule has 0 aliphatic carbocycles. The van der Waals surface area contributed by atoms with Gasteiger partial charge in [0.2, 0.25) is 5.91 Å². The summed E-state index contributed by atoms with van der Waals surface area (Å²) in [5.41, 5.74) is 1.90. The summed E-state index contributed by atoms with van der Waals surface area (Å²) in [6.07, 6.45) is 2.27. The molecule has 3 amide bonds. The van der Waals surface area contributed by atoms with Crippen molar-refractivity contribution in [2.45, 2.75) is 91.5 Å². The lowest BCUT2D eigenvalue weighted by atomic mass is 9.89. The minimum atomic E-state index is -0.952. The van der Waals surface area contributed by atoms with Crippen molar-refractivity contribution in [2.24, 2.45) is 0 Å². The number of carbonyl (C=O) groups is 3. The van der Waals surface area contributed by atoms with Gasteiger partial charge in [-0.1, -0.05) is 61.0 Å². The van der Waals surface area contributed by atoms with Gasteiger partial charge in [-0.25, -0.2) is 4.79 Å². The number of hydrogen-bond donors (Lipinski definition) is 2. The van der Waals surface area contributed by atoms with Crippen LogP contribution in [0.1, 0.15) is 77.1 Å². The first kappa shape index (κ1) is 34.0. The summed E-state index contributed by atoms with van der Waals surface area (Å²) in [7, 11) is 0. The second kappa shape index (κ2) is 14.3. The topological polar surface area (TPSA) is 87.7 Å². The van der Waals surface area contributed by atoms with Gasteiger partial charge in [0.25, 0.3) is 5.91 Å². The van der Waals surface area contributed by atoms with Crippen LogP contribution in [0.3, 0.4) is 0 Å². The molecule has 0 radical (unpaired) electrons. The van der Waals surface area contributed by atoms with Crippen LogP contribution in [0.2, 0.25) is 0 Å². The number of thioether (sulfide) groups is 1. The highest BCUT2D eigenvalue weighted by atomic mass is 32.2. The van der Waals surface area contributed by atoms with Gasteiger partial charge in [-0.15, -0.1) is 0 Å². The van der Waals surface area contributed by atoms with Crippen LogP contribution in [0.5, 0.6) is 0 Å². The van der Waals surface area contributed by atoms with E-state index in [0.717, 1.165) is 27.5 Å².